The molecule has 0 radical (unpaired) electrons. The molecule has 0 aromatic carbocycles. The van der Waals surface area contributed by atoms with Crippen LogP contribution in [0.2, 0.25) is 0 Å². The van der Waals surface area contributed by atoms with E-state index in [9.17, 15) is 5.11 Å². The zero-order valence-electron chi connectivity index (χ0n) is 10.6. The highest BCUT2D eigenvalue weighted by Crippen LogP contribution is 2.01. The Morgan fingerprint density at radius 1 is 1.50 bits per heavy atom. The van der Waals surface area contributed by atoms with Crippen LogP contribution in [0, 0.1) is 11.3 Å². The third-order valence-electron chi connectivity index (χ3n) is 2.59. The van der Waals surface area contributed by atoms with Crippen LogP contribution in [0.15, 0.2) is 0 Å². The Kier molecular flexibility index (Phi) is 9.21. The summed E-state index contributed by atoms with van der Waals surface area (Å²) >= 11 is 0. The normalized spacial score (nSPS) is 14.8. The summed E-state index contributed by atoms with van der Waals surface area (Å²) in [5.74, 6) is 0. The molecule has 0 fully saturated rings. The number of ether oxygens (including phenoxy) is 1. The predicted molar refractivity (Wildman–Crippen MR) is 64.1 cm³/mol. The lowest BCUT2D eigenvalue weighted by Crippen LogP contribution is -2.37. The predicted octanol–water partition coefficient (Wildman–Crippen LogP) is 1.40. The molecular weight excluding hydrogens is 204 g/mol. The summed E-state index contributed by atoms with van der Waals surface area (Å²) in [6.45, 7) is 5.73. The zero-order valence-corrected chi connectivity index (χ0v) is 10.6. The fraction of sp³-hybridized carbons (Fsp3) is 0.917. The molecule has 0 amide bonds. The van der Waals surface area contributed by atoms with Gasteiger partial charge in [-0.05, 0) is 20.4 Å². The first-order valence-corrected chi connectivity index (χ1v) is 5.94. The second-order valence-corrected chi connectivity index (χ2v) is 4.23. The van der Waals surface area contributed by atoms with E-state index in [1.54, 1.807) is 0 Å². The summed E-state index contributed by atoms with van der Waals surface area (Å²) in [5.41, 5.74) is 0. The quantitative estimate of drug-likeness (QED) is 0.606. The first kappa shape index (κ1) is 15.4. The molecule has 0 aromatic heterocycles. The maximum Gasteiger partial charge on any atom is 0.0900 e. The van der Waals surface area contributed by atoms with Gasteiger partial charge in [0.15, 0.2) is 0 Å². The van der Waals surface area contributed by atoms with Crippen molar-refractivity contribution in [3.8, 4) is 6.07 Å². The lowest BCUT2D eigenvalue weighted by molar-refractivity contribution is 0.0148. The smallest absolute Gasteiger partial charge is 0.0900 e. The Bertz CT molecular complexity index is 204. The molecule has 0 saturated carbocycles. The van der Waals surface area contributed by atoms with Crippen molar-refractivity contribution in [1.82, 2.24) is 4.90 Å². The number of nitrogens with zero attached hydrogens (tertiary/aromatic N) is 2. The van der Waals surface area contributed by atoms with Crippen LogP contribution in [-0.4, -0.2) is 49.0 Å². The largest absolute Gasteiger partial charge is 0.389 e. The van der Waals surface area contributed by atoms with Crippen LogP contribution in [0.5, 0.6) is 0 Å². The summed E-state index contributed by atoms with van der Waals surface area (Å²) in [7, 11) is 1.91. The summed E-state index contributed by atoms with van der Waals surface area (Å²) in [4.78, 5) is 1.98. The minimum absolute atomic E-state index is 0.176. The van der Waals surface area contributed by atoms with Gasteiger partial charge in [-0.3, -0.25) is 0 Å². The van der Waals surface area contributed by atoms with E-state index in [1.165, 1.54) is 0 Å². The van der Waals surface area contributed by atoms with Gasteiger partial charge in [0.2, 0.25) is 0 Å². The molecular formula is C12H24N2O2. The number of hydrogen-bond donors (Lipinski definition) is 1. The Hall–Kier alpha value is -0.630. The minimum atomic E-state index is -0.469. The van der Waals surface area contributed by atoms with Gasteiger partial charge in [-0.2, -0.15) is 5.26 Å². The maximum atomic E-state index is 9.69. The van der Waals surface area contributed by atoms with Crippen molar-refractivity contribution in [1.29, 1.82) is 5.26 Å². The average molecular weight is 228 g/mol. The number of aliphatic hydroxyl groups excluding tert-OH is 1. The molecule has 0 bridgehead atoms. The molecule has 4 nitrogen and oxygen atoms in total. The third kappa shape index (κ3) is 7.63. The highest BCUT2D eigenvalue weighted by Gasteiger charge is 2.13. The molecule has 0 rings (SSSR count). The van der Waals surface area contributed by atoms with Crippen molar-refractivity contribution in [3.05, 3.63) is 0 Å². The van der Waals surface area contributed by atoms with E-state index in [0.717, 1.165) is 12.8 Å². The molecule has 94 valence electrons. The van der Waals surface area contributed by atoms with Crippen LogP contribution in [0.4, 0.5) is 0 Å². The molecule has 2 atom stereocenters. The van der Waals surface area contributed by atoms with E-state index in [2.05, 4.69) is 13.0 Å². The molecule has 2 unspecified atom stereocenters. The molecule has 1 N–H and O–H groups in total. The van der Waals surface area contributed by atoms with Gasteiger partial charge in [0, 0.05) is 19.2 Å². The van der Waals surface area contributed by atoms with Gasteiger partial charge in [-0.25, -0.2) is 0 Å². The van der Waals surface area contributed by atoms with Gasteiger partial charge >= 0.3 is 0 Å². The summed E-state index contributed by atoms with van der Waals surface area (Å²) in [6.07, 6.45) is 2.16. The Morgan fingerprint density at radius 3 is 2.75 bits per heavy atom. The Balaban J connectivity index is 3.61. The second-order valence-electron chi connectivity index (χ2n) is 4.23. The van der Waals surface area contributed by atoms with Gasteiger partial charge < -0.3 is 14.7 Å². The van der Waals surface area contributed by atoms with E-state index >= 15 is 0 Å². The number of nitriles is 1. The Morgan fingerprint density at radius 2 is 2.19 bits per heavy atom. The average Bonchev–Trinajstić information content (AvgIpc) is 2.24. The van der Waals surface area contributed by atoms with Crippen molar-refractivity contribution in [2.24, 2.45) is 0 Å². The first-order chi connectivity index (χ1) is 7.61. The van der Waals surface area contributed by atoms with E-state index in [1.807, 2.05) is 18.9 Å². The SMILES string of the molecule is CCCCOCC(O)CN(C)C(C)CC#N. The zero-order chi connectivity index (χ0) is 12.4. The molecule has 0 aliphatic rings. The van der Waals surface area contributed by atoms with E-state index in [0.29, 0.717) is 26.2 Å². The third-order valence-corrected chi connectivity index (χ3v) is 2.59. The van der Waals surface area contributed by atoms with Crippen molar-refractivity contribution in [2.75, 3.05) is 26.8 Å². The second kappa shape index (κ2) is 9.59. The van der Waals surface area contributed by atoms with Crippen LogP contribution >= 0.6 is 0 Å². The molecule has 16 heavy (non-hydrogen) atoms. The number of aliphatic hydroxyl groups is 1. The fourth-order valence-electron chi connectivity index (χ4n) is 1.32. The highest BCUT2D eigenvalue weighted by atomic mass is 16.5. The monoisotopic (exact) mass is 228 g/mol. The van der Waals surface area contributed by atoms with E-state index in [-0.39, 0.29) is 6.04 Å². The number of hydrogen-bond acceptors (Lipinski definition) is 4. The van der Waals surface area contributed by atoms with Gasteiger partial charge in [0.1, 0.15) is 0 Å². The van der Waals surface area contributed by atoms with E-state index < -0.39 is 6.10 Å². The summed E-state index contributed by atoms with van der Waals surface area (Å²) < 4.78 is 5.33. The van der Waals surface area contributed by atoms with E-state index in [4.69, 9.17) is 10.00 Å². The lowest BCUT2D eigenvalue weighted by Gasteiger charge is -2.25. The van der Waals surface area contributed by atoms with Crippen LogP contribution in [0.25, 0.3) is 0 Å². The summed E-state index contributed by atoms with van der Waals surface area (Å²) in [5, 5.41) is 18.2. The number of unbranched alkanes of at least 4 members (excludes halogenated alkanes) is 1. The number of likely N-dealkylation sites (N-methyl/N-ethyl adjacent to an activating group) is 1. The molecule has 0 spiro atoms. The van der Waals surface area contributed by atoms with Crippen molar-refractivity contribution in [2.45, 2.75) is 45.3 Å². The van der Waals surface area contributed by atoms with Crippen LogP contribution in [0.3, 0.4) is 0 Å². The lowest BCUT2D eigenvalue weighted by atomic mass is 10.2. The first-order valence-electron chi connectivity index (χ1n) is 5.94. The molecule has 0 aromatic rings. The van der Waals surface area contributed by atoms with Crippen molar-refractivity contribution in [3.63, 3.8) is 0 Å². The van der Waals surface area contributed by atoms with Gasteiger partial charge in [-0.15, -0.1) is 0 Å². The van der Waals surface area contributed by atoms with Gasteiger partial charge in [-0.1, -0.05) is 13.3 Å². The topological polar surface area (TPSA) is 56.5 Å². The highest BCUT2D eigenvalue weighted by molar-refractivity contribution is 4.79. The molecule has 0 saturated heterocycles. The summed E-state index contributed by atoms with van der Waals surface area (Å²) in [6, 6.07) is 2.30. The molecule has 0 aliphatic heterocycles. The fourth-order valence-corrected chi connectivity index (χ4v) is 1.32. The van der Waals surface area contributed by atoms with Crippen molar-refractivity contribution < 1.29 is 9.84 Å². The van der Waals surface area contributed by atoms with Gasteiger partial charge in [0.05, 0.1) is 25.2 Å². The number of rotatable bonds is 9. The molecule has 0 aliphatic carbocycles. The Labute approximate surface area is 98.8 Å². The minimum Gasteiger partial charge on any atom is -0.389 e. The molecule has 4 heteroatoms. The van der Waals surface area contributed by atoms with Crippen molar-refractivity contribution >= 4 is 0 Å². The van der Waals surface area contributed by atoms with Crippen LogP contribution < -0.4 is 0 Å². The van der Waals surface area contributed by atoms with Crippen LogP contribution in [-0.2, 0) is 4.74 Å². The van der Waals surface area contributed by atoms with Crippen LogP contribution in [0.1, 0.15) is 33.1 Å². The standard InChI is InChI=1S/C12H24N2O2/c1-4-5-8-16-10-12(15)9-14(3)11(2)6-7-13/h11-12,15H,4-6,8-10H2,1-3H3. The van der Waals surface area contributed by atoms with Gasteiger partial charge in [0.25, 0.3) is 0 Å². The maximum absolute atomic E-state index is 9.69. The molecule has 0 heterocycles.